The van der Waals surface area contributed by atoms with Crippen LogP contribution in [0.2, 0.25) is 0 Å². The summed E-state index contributed by atoms with van der Waals surface area (Å²) in [5, 5.41) is 0. The van der Waals surface area contributed by atoms with Crippen LogP contribution in [0, 0.1) is 0 Å². The summed E-state index contributed by atoms with van der Waals surface area (Å²) in [4.78, 5) is 8.66. The van der Waals surface area contributed by atoms with Crippen molar-refractivity contribution in [3.05, 3.63) is 41.7 Å². The quantitative estimate of drug-likeness (QED) is 0.627. The number of anilines is 1. The Hall–Kier alpha value is -2.34. The molecule has 0 atom stereocenters. The van der Waals surface area contributed by atoms with Gasteiger partial charge in [-0.2, -0.15) is 4.98 Å². The lowest BCUT2D eigenvalue weighted by Crippen LogP contribution is -2.12. The lowest BCUT2D eigenvalue weighted by Gasteiger charge is -2.11. The van der Waals surface area contributed by atoms with Gasteiger partial charge in [0, 0.05) is 12.0 Å². The van der Waals surface area contributed by atoms with Crippen molar-refractivity contribution in [3.8, 4) is 11.6 Å². The van der Waals surface area contributed by atoms with Crippen molar-refractivity contribution in [1.82, 2.24) is 9.97 Å². The molecule has 0 unspecified atom stereocenters. The highest BCUT2D eigenvalue weighted by Gasteiger charge is 2.08. The summed E-state index contributed by atoms with van der Waals surface area (Å²) in [7, 11) is 1.64. The van der Waals surface area contributed by atoms with Crippen LogP contribution in [0.1, 0.15) is 31.2 Å². The molecule has 2 aromatic rings. The van der Waals surface area contributed by atoms with Crippen LogP contribution in [0.15, 0.2) is 30.3 Å². The van der Waals surface area contributed by atoms with E-state index in [2.05, 4.69) is 15.4 Å². The summed E-state index contributed by atoms with van der Waals surface area (Å²) in [6.07, 6.45) is 0. The number of nitrogen functional groups attached to an aromatic ring is 1. The Bertz CT molecular complexity index is 585. The molecule has 0 aliphatic rings. The molecule has 3 N–H and O–H groups in total. The fourth-order valence-electron chi connectivity index (χ4n) is 1.73. The van der Waals surface area contributed by atoms with Crippen LogP contribution >= 0.6 is 0 Å². The van der Waals surface area contributed by atoms with Gasteiger partial charge in [0.1, 0.15) is 24.0 Å². The summed E-state index contributed by atoms with van der Waals surface area (Å²) in [6.45, 7) is 4.45. The normalized spacial score (nSPS) is 10.5. The molecule has 6 heteroatoms. The maximum absolute atomic E-state index is 5.71. The Kier molecular flexibility index (Phi) is 4.94. The highest BCUT2D eigenvalue weighted by molar-refractivity contribution is 5.37. The van der Waals surface area contributed by atoms with Gasteiger partial charge in [0.05, 0.1) is 7.11 Å². The Morgan fingerprint density at radius 1 is 1.19 bits per heavy atom. The summed E-state index contributed by atoms with van der Waals surface area (Å²) in [5.41, 5.74) is 3.56. The van der Waals surface area contributed by atoms with Crippen LogP contribution in [-0.4, -0.2) is 17.1 Å². The Labute approximate surface area is 124 Å². The highest BCUT2D eigenvalue weighted by atomic mass is 16.5. The summed E-state index contributed by atoms with van der Waals surface area (Å²) < 4.78 is 10.8. The number of nitrogens with two attached hydrogens (primary N) is 1. The predicted octanol–water partition coefficient (Wildman–Crippen LogP) is 2.47. The molecule has 0 saturated carbocycles. The third-order valence-electron chi connectivity index (χ3n) is 2.93. The zero-order valence-electron chi connectivity index (χ0n) is 12.5. The van der Waals surface area contributed by atoms with Crippen LogP contribution in [0.5, 0.6) is 11.6 Å². The first-order valence-corrected chi connectivity index (χ1v) is 6.73. The molecule has 6 nitrogen and oxygen atoms in total. The summed E-state index contributed by atoms with van der Waals surface area (Å²) in [5.74, 6) is 8.16. The monoisotopic (exact) mass is 288 g/mol. The van der Waals surface area contributed by atoms with Gasteiger partial charge in [-0.1, -0.05) is 26.0 Å². The van der Waals surface area contributed by atoms with Gasteiger partial charge in [0.25, 0.3) is 0 Å². The molecule has 0 aliphatic carbocycles. The third kappa shape index (κ3) is 4.06. The van der Waals surface area contributed by atoms with E-state index in [1.54, 1.807) is 13.2 Å². The minimum absolute atomic E-state index is 0.196. The zero-order chi connectivity index (χ0) is 15.2. The van der Waals surface area contributed by atoms with E-state index in [0.717, 1.165) is 11.3 Å². The molecule has 2 rings (SSSR count). The molecule has 112 valence electrons. The number of rotatable bonds is 6. The van der Waals surface area contributed by atoms with Crippen molar-refractivity contribution in [2.75, 3.05) is 12.5 Å². The number of aromatic nitrogens is 2. The van der Waals surface area contributed by atoms with Gasteiger partial charge in [0.2, 0.25) is 5.88 Å². The maximum atomic E-state index is 5.71. The maximum Gasteiger partial charge on any atom is 0.219 e. The Morgan fingerprint density at radius 2 is 1.90 bits per heavy atom. The number of ether oxygens (including phenoxy) is 2. The smallest absolute Gasteiger partial charge is 0.219 e. The van der Waals surface area contributed by atoms with Gasteiger partial charge in [-0.05, 0) is 17.7 Å². The number of benzene rings is 1. The van der Waals surface area contributed by atoms with Crippen LogP contribution < -0.4 is 20.7 Å². The van der Waals surface area contributed by atoms with Crippen molar-refractivity contribution in [1.29, 1.82) is 0 Å². The molecule has 0 bridgehead atoms. The molecule has 0 radical (unpaired) electrons. The Morgan fingerprint density at radius 3 is 2.48 bits per heavy atom. The minimum atomic E-state index is 0.196. The van der Waals surface area contributed by atoms with Gasteiger partial charge >= 0.3 is 0 Å². The third-order valence-corrected chi connectivity index (χ3v) is 2.93. The average Bonchev–Trinajstić information content (AvgIpc) is 2.53. The molecule has 0 saturated heterocycles. The van der Waals surface area contributed by atoms with E-state index in [0.29, 0.717) is 24.1 Å². The first-order valence-electron chi connectivity index (χ1n) is 6.73. The van der Waals surface area contributed by atoms with Crippen LogP contribution in [0.25, 0.3) is 0 Å². The lowest BCUT2D eigenvalue weighted by atomic mass is 10.2. The van der Waals surface area contributed by atoms with Crippen LogP contribution in [0.4, 0.5) is 5.82 Å². The average molecular weight is 288 g/mol. The van der Waals surface area contributed by atoms with Crippen molar-refractivity contribution in [2.45, 2.75) is 26.4 Å². The SMILES string of the molecule is COc1ccc(COc2cc(NN)nc(C(C)C)n2)cc1. The van der Waals surface area contributed by atoms with E-state index < -0.39 is 0 Å². The van der Waals surface area contributed by atoms with Gasteiger partial charge in [-0.25, -0.2) is 10.8 Å². The molecule has 0 spiro atoms. The summed E-state index contributed by atoms with van der Waals surface area (Å²) in [6, 6.07) is 9.36. The number of hydrogen-bond donors (Lipinski definition) is 2. The number of methoxy groups -OCH3 is 1. The Balaban J connectivity index is 2.09. The van der Waals surface area contributed by atoms with Gasteiger partial charge in [-0.3, -0.25) is 0 Å². The second-order valence-corrected chi connectivity index (χ2v) is 4.89. The van der Waals surface area contributed by atoms with E-state index in [1.807, 2.05) is 38.1 Å². The zero-order valence-corrected chi connectivity index (χ0v) is 12.5. The number of hydrogen-bond acceptors (Lipinski definition) is 6. The number of nitrogens with one attached hydrogen (secondary N) is 1. The molecule has 0 amide bonds. The molecule has 21 heavy (non-hydrogen) atoms. The molecule has 0 aliphatic heterocycles. The first-order chi connectivity index (χ1) is 10.1. The molecule has 1 heterocycles. The van der Waals surface area contributed by atoms with Gasteiger partial charge in [0.15, 0.2) is 0 Å². The van der Waals surface area contributed by atoms with Gasteiger partial charge in [-0.15, -0.1) is 0 Å². The van der Waals surface area contributed by atoms with Crippen molar-refractivity contribution in [2.24, 2.45) is 5.84 Å². The van der Waals surface area contributed by atoms with Crippen LogP contribution in [0.3, 0.4) is 0 Å². The predicted molar refractivity (Wildman–Crippen MR) is 81.3 cm³/mol. The lowest BCUT2D eigenvalue weighted by molar-refractivity contribution is 0.291. The first kappa shape index (κ1) is 15.1. The topological polar surface area (TPSA) is 82.3 Å². The van der Waals surface area contributed by atoms with E-state index in [-0.39, 0.29) is 5.92 Å². The fraction of sp³-hybridized carbons (Fsp3) is 0.333. The second kappa shape index (κ2) is 6.90. The van der Waals surface area contributed by atoms with Crippen molar-refractivity contribution in [3.63, 3.8) is 0 Å². The standard InChI is InChI=1S/C15H20N4O2/c1-10(2)15-17-13(19-16)8-14(18-15)21-9-11-4-6-12(20-3)7-5-11/h4-8,10H,9,16H2,1-3H3,(H,17,18,19). The number of hydrazine groups is 1. The second-order valence-electron chi connectivity index (χ2n) is 4.89. The minimum Gasteiger partial charge on any atom is -0.497 e. The van der Waals surface area contributed by atoms with E-state index >= 15 is 0 Å². The molecular formula is C15H20N4O2. The molecule has 0 fully saturated rings. The summed E-state index contributed by atoms with van der Waals surface area (Å²) >= 11 is 0. The van der Waals surface area contributed by atoms with E-state index in [1.165, 1.54) is 0 Å². The van der Waals surface area contributed by atoms with Gasteiger partial charge < -0.3 is 14.9 Å². The van der Waals surface area contributed by atoms with Crippen LogP contribution in [-0.2, 0) is 6.61 Å². The molecule has 1 aromatic carbocycles. The van der Waals surface area contributed by atoms with Crippen molar-refractivity contribution >= 4 is 5.82 Å². The van der Waals surface area contributed by atoms with E-state index in [9.17, 15) is 0 Å². The molecule has 1 aromatic heterocycles. The fourth-order valence-corrected chi connectivity index (χ4v) is 1.73. The largest absolute Gasteiger partial charge is 0.497 e. The highest BCUT2D eigenvalue weighted by Crippen LogP contribution is 2.19. The molecular weight excluding hydrogens is 268 g/mol. The van der Waals surface area contributed by atoms with Crippen molar-refractivity contribution < 1.29 is 9.47 Å². The van der Waals surface area contributed by atoms with E-state index in [4.69, 9.17) is 15.3 Å². The number of nitrogens with zero attached hydrogens (tertiary/aromatic N) is 2.